The van der Waals surface area contributed by atoms with Gasteiger partial charge in [-0.3, -0.25) is 4.79 Å². The van der Waals surface area contributed by atoms with Gasteiger partial charge < -0.3 is 14.6 Å². The van der Waals surface area contributed by atoms with E-state index in [-0.39, 0.29) is 17.9 Å². The quantitative estimate of drug-likeness (QED) is 0.525. The highest BCUT2D eigenvalue weighted by Crippen LogP contribution is 2.24. The summed E-state index contributed by atoms with van der Waals surface area (Å²) in [4.78, 5) is 22.6. The first-order chi connectivity index (χ1) is 13.6. The van der Waals surface area contributed by atoms with Crippen LogP contribution in [-0.2, 0) is 15.0 Å². The van der Waals surface area contributed by atoms with Crippen LogP contribution in [0.25, 0.3) is 0 Å². The van der Waals surface area contributed by atoms with Crippen LogP contribution in [0, 0.1) is 0 Å². The minimum Gasteiger partial charge on any atom is -0.484 e. The Bertz CT molecular complexity index is 883. The topological polar surface area (TPSA) is 97.2 Å². The zero-order valence-electron chi connectivity index (χ0n) is 17.1. The van der Waals surface area contributed by atoms with Crippen LogP contribution in [0.1, 0.15) is 38.8 Å². The third-order valence-corrected chi connectivity index (χ3v) is 4.05. The molecule has 1 amide bonds. The average Bonchev–Trinajstić information content (AvgIpc) is 2.68. The highest BCUT2D eigenvalue weighted by atomic mass is 16.5. The van der Waals surface area contributed by atoms with E-state index in [0.717, 1.165) is 0 Å². The lowest BCUT2D eigenvalue weighted by molar-refractivity contribution is -0.139. The monoisotopic (exact) mass is 398 g/mol. The summed E-state index contributed by atoms with van der Waals surface area (Å²) >= 11 is 0. The first-order valence-corrected chi connectivity index (χ1v) is 9.16. The van der Waals surface area contributed by atoms with Crippen molar-refractivity contribution in [3.05, 3.63) is 59.7 Å². The Balaban J connectivity index is 1.88. The van der Waals surface area contributed by atoms with Crippen LogP contribution in [0.2, 0.25) is 0 Å². The van der Waals surface area contributed by atoms with E-state index in [0.29, 0.717) is 22.8 Å². The Morgan fingerprint density at radius 3 is 2.28 bits per heavy atom. The SMILES string of the molecule is C/C(=N/NC(=O)COc1ccc(C(C)(C)C)cc1)c1cccc(OCC(=O)O)c1. The minimum atomic E-state index is -1.05. The molecule has 0 fully saturated rings. The Labute approximate surface area is 170 Å². The summed E-state index contributed by atoms with van der Waals surface area (Å²) in [6.45, 7) is 7.53. The molecule has 2 N–H and O–H groups in total. The van der Waals surface area contributed by atoms with Crippen molar-refractivity contribution in [3.63, 3.8) is 0 Å². The Morgan fingerprint density at radius 2 is 1.66 bits per heavy atom. The van der Waals surface area contributed by atoms with Crippen molar-refractivity contribution in [2.45, 2.75) is 33.1 Å². The summed E-state index contributed by atoms with van der Waals surface area (Å²) in [5.41, 5.74) is 4.93. The largest absolute Gasteiger partial charge is 0.484 e. The number of carbonyl (C=O) groups excluding carboxylic acids is 1. The molecule has 0 spiro atoms. The highest BCUT2D eigenvalue weighted by molar-refractivity contribution is 5.99. The fraction of sp³-hybridized carbons (Fsp3) is 0.318. The maximum Gasteiger partial charge on any atom is 0.341 e. The van der Waals surface area contributed by atoms with Gasteiger partial charge in [0.25, 0.3) is 5.91 Å². The van der Waals surface area contributed by atoms with Gasteiger partial charge in [-0.15, -0.1) is 0 Å². The van der Waals surface area contributed by atoms with Crippen molar-refractivity contribution in [2.24, 2.45) is 5.10 Å². The number of rotatable bonds is 8. The Kier molecular flexibility index (Phi) is 7.36. The van der Waals surface area contributed by atoms with E-state index in [1.54, 1.807) is 31.2 Å². The van der Waals surface area contributed by atoms with E-state index < -0.39 is 12.6 Å². The maximum atomic E-state index is 12.0. The van der Waals surface area contributed by atoms with Crippen LogP contribution in [0.15, 0.2) is 53.6 Å². The highest BCUT2D eigenvalue weighted by Gasteiger charge is 2.13. The van der Waals surface area contributed by atoms with Crippen LogP contribution in [0.5, 0.6) is 11.5 Å². The molecule has 0 aliphatic rings. The molecule has 154 valence electrons. The van der Waals surface area contributed by atoms with Gasteiger partial charge >= 0.3 is 5.97 Å². The van der Waals surface area contributed by atoms with E-state index in [1.165, 1.54) is 5.56 Å². The molecular formula is C22H26N2O5. The number of aliphatic carboxylic acids is 1. The number of carboxylic acid groups (broad SMARTS) is 1. The number of hydrogen-bond donors (Lipinski definition) is 2. The molecule has 0 aliphatic heterocycles. The number of carbonyl (C=O) groups is 2. The Hall–Kier alpha value is -3.35. The molecule has 0 aromatic heterocycles. The van der Waals surface area contributed by atoms with Gasteiger partial charge in [-0.1, -0.05) is 45.0 Å². The number of nitrogens with zero attached hydrogens (tertiary/aromatic N) is 1. The number of benzene rings is 2. The lowest BCUT2D eigenvalue weighted by atomic mass is 9.87. The summed E-state index contributed by atoms with van der Waals surface area (Å²) in [5.74, 6) is -0.423. The molecule has 0 atom stereocenters. The van der Waals surface area contributed by atoms with Gasteiger partial charge in [0, 0.05) is 5.56 Å². The van der Waals surface area contributed by atoms with Gasteiger partial charge in [0.1, 0.15) is 11.5 Å². The second kappa shape index (κ2) is 9.73. The van der Waals surface area contributed by atoms with Crippen LogP contribution < -0.4 is 14.9 Å². The molecule has 7 nitrogen and oxygen atoms in total. The second-order valence-corrected chi connectivity index (χ2v) is 7.51. The summed E-state index contributed by atoms with van der Waals surface area (Å²) in [6.07, 6.45) is 0. The minimum absolute atomic E-state index is 0.0537. The predicted octanol–water partition coefficient (Wildman–Crippen LogP) is 3.37. The normalized spacial score (nSPS) is 11.7. The molecule has 0 saturated heterocycles. The van der Waals surface area contributed by atoms with Crippen molar-refractivity contribution < 1.29 is 24.2 Å². The summed E-state index contributed by atoms with van der Waals surface area (Å²) in [5, 5.41) is 12.7. The average molecular weight is 398 g/mol. The number of nitrogens with one attached hydrogen (secondary N) is 1. The summed E-state index contributed by atoms with van der Waals surface area (Å²) in [6, 6.07) is 14.4. The molecule has 0 unspecified atom stereocenters. The van der Waals surface area contributed by atoms with Gasteiger partial charge in [-0.2, -0.15) is 5.10 Å². The third-order valence-electron chi connectivity index (χ3n) is 4.05. The summed E-state index contributed by atoms with van der Waals surface area (Å²) < 4.78 is 10.6. The van der Waals surface area contributed by atoms with E-state index in [4.69, 9.17) is 14.6 Å². The van der Waals surface area contributed by atoms with Crippen LogP contribution in [0.4, 0.5) is 0 Å². The lowest BCUT2D eigenvalue weighted by Gasteiger charge is -2.19. The molecule has 2 aromatic rings. The van der Waals surface area contributed by atoms with E-state index in [2.05, 4.69) is 31.3 Å². The van der Waals surface area contributed by atoms with Gasteiger partial charge in [-0.05, 0) is 42.2 Å². The Morgan fingerprint density at radius 1 is 1.00 bits per heavy atom. The molecule has 0 radical (unpaired) electrons. The zero-order chi connectivity index (χ0) is 21.4. The standard InChI is InChI=1S/C22H26N2O5/c1-15(16-6-5-7-19(12-16)29-14-21(26)27)23-24-20(25)13-28-18-10-8-17(9-11-18)22(2,3)4/h5-12H,13-14H2,1-4H3,(H,24,25)(H,26,27)/b23-15-. The van der Waals surface area contributed by atoms with Crippen molar-refractivity contribution in [3.8, 4) is 11.5 Å². The van der Waals surface area contributed by atoms with Crippen molar-refractivity contribution >= 4 is 17.6 Å². The number of hydrogen-bond acceptors (Lipinski definition) is 5. The number of amides is 1. The lowest BCUT2D eigenvalue weighted by Crippen LogP contribution is -2.25. The maximum absolute atomic E-state index is 12.0. The van der Waals surface area contributed by atoms with Gasteiger partial charge in [-0.25, -0.2) is 10.2 Å². The van der Waals surface area contributed by atoms with Crippen LogP contribution in [0.3, 0.4) is 0 Å². The first-order valence-electron chi connectivity index (χ1n) is 9.16. The van der Waals surface area contributed by atoms with Crippen molar-refractivity contribution in [1.82, 2.24) is 5.43 Å². The van der Waals surface area contributed by atoms with E-state index >= 15 is 0 Å². The number of ether oxygens (including phenoxy) is 2. The molecule has 0 heterocycles. The van der Waals surface area contributed by atoms with Crippen molar-refractivity contribution in [2.75, 3.05) is 13.2 Å². The second-order valence-electron chi connectivity index (χ2n) is 7.51. The molecule has 0 saturated carbocycles. The molecule has 2 rings (SSSR count). The third kappa shape index (κ3) is 7.29. The predicted molar refractivity (Wildman–Crippen MR) is 111 cm³/mol. The molecule has 0 aliphatic carbocycles. The number of carboxylic acids is 1. The fourth-order valence-electron chi connectivity index (χ4n) is 2.40. The fourth-order valence-corrected chi connectivity index (χ4v) is 2.40. The molecule has 2 aromatic carbocycles. The van der Waals surface area contributed by atoms with Gasteiger partial charge in [0.15, 0.2) is 13.2 Å². The smallest absolute Gasteiger partial charge is 0.341 e. The van der Waals surface area contributed by atoms with Gasteiger partial charge in [0.2, 0.25) is 0 Å². The van der Waals surface area contributed by atoms with Crippen molar-refractivity contribution in [1.29, 1.82) is 0 Å². The first kappa shape index (κ1) is 21.9. The molecule has 7 heteroatoms. The molecular weight excluding hydrogens is 372 g/mol. The molecule has 29 heavy (non-hydrogen) atoms. The summed E-state index contributed by atoms with van der Waals surface area (Å²) in [7, 11) is 0. The molecule has 0 bridgehead atoms. The van der Waals surface area contributed by atoms with E-state index in [1.807, 2.05) is 24.3 Å². The zero-order valence-corrected chi connectivity index (χ0v) is 17.1. The van der Waals surface area contributed by atoms with Crippen LogP contribution in [-0.4, -0.2) is 35.9 Å². The number of hydrazone groups is 1. The van der Waals surface area contributed by atoms with Crippen LogP contribution >= 0.6 is 0 Å². The van der Waals surface area contributed by atoms with Gasteiger partial charge in [0.05, 0.1) is 5.71 Å². The van der Waals surface area contributed by atoms with E-state index in [9.17, 15) is 9.59 Å².